The largest absolute Gasteiger partial charge is 0.370 e. The van der Waals surface area contributed by atoms with Crippen LogP contribution in [0.2, 0.25) is 0 Å². The molecule has 0 aliphatic carbocycles. The maximum Gasteiger partial charge on any atom is 0.186 e. The minimum atomic E-state index is 0.133. The molecular formula is C8H10IN3. The lowest BCUT2D eigenvalue weighted by Gasteiger charge is -1.97. The first kappa shape index (κ1) is 9.31. The molecule has 0 aromatic heterocycles. The number of benzene rings is 1. The Bertz CT molecular complexity index is 292. The number of nitrogens with two attached hydrogens (primary N) is 2. The molecule has 1 aromatic carbocycles. The first-order valence-corrected chi connectivity index (χ1v) is 4.56. The lowest BCUT2D eigenvalue weighted by atomic mass is 10.2. The van der Waals surface area contributed by atoms with E-state index in [2.05, 4.69) is 27.6 Å². The fourth-order valence-electron chi connectivity index (χ4n) is 0.818. The second-order valence-corrected chi connectivity index (χ2v) is 3.62. The van der Waals surface area contributed by atoms with Crippen molar-refractivity contribution in [1.82, 2.24) is 0 Å². The Morgan fingerprint density at radius 3 is 2.75 bits per heavy atom. The van der Waals surface area contributed by atoms with Gasteiger partial charge in [0.15, 0.2) is 5.96 Å². The smallest absolute Gasteiger partial charge is 0.186 e. The number of hydrogen-bond donors (Lipinski definition) is 2. The average Bonchev–Trinajstić information content (AvgIpc) is 2.01. The molecule has 0 radical (unpaired) electrons. The topological polar surface area (TPSA) is 64.4 Å². The van der Waals surface area contributed by atoms with E-state index in [9.17, 15) is 0 Å². The van der Waals surface area contributed by atoms with Crippen LogP contribution in [0.25, 0.3) is 0 Å². The van der Waals surface area contributed by atoms with Crippen LogP contribution in [-0.2, 0) is 6.54 Å². The number of guanidine groups is 1. The van der Waals surface area contributed by atoms with Gasteiger partial charge in [-0.3, -0.25) is 0 Å². The Morgan fingerprint density at radius 1 is 1.42 bits per heavy atom. The normalized spacial score (nSPS) is 9.42. The number of rotatable bonds is 2. The van der Waals surface area contributed by atoms with E-state index in [1.807, 2.05) is 24.3 Å². The molecule has 0 heterocycles. The molecule has 0 spiro atoms. The van der Waals surface area contributed by atoms with Crippen molar-refractivity contribution in [3.05, 3.63) is 33.4 Å². The fraction of sp³-hybridized carbons (Fsp3) is 0.125. The van der Waals surface area contributed by atoms with Crippen molar-refractivity contribution >= 4 is 28.6 Å². The van der Waals surface area contributed by atoms with Gasteiger partial charge in [0.25, 0.3) is 0 Å². The van der Waals surface area contributed by atoms with Crippen LogP contribution < -0.4 is 11.5 Å². The third-order valence-corrected chi connectivity index (χ3v) is 2.00. The molecule has 0 unspecified atom stereocenters. The summed E-state index contributed by atoms with van der Waals surface area (Å²) < 4.78 is 1.19. The molecule has 0 fully saturated rings. The molecule has 1 rings (SSSR count). The van der Waals surface area contributed by atoms with Gasteiger partial charge in [0.1, 0.15) is 0 Å². The molecular weight excluding hydrogens is 262 g/mol. The lowest BCUT2D eigenvalue weighted by Crippen LogP contribution is -2.22. The predicted molar refractivity (Wildman–Crippen MR) is 58.7 cm³/mol. The van der Waals surface area contributed by atoms with Crippen molar-refractivity contribution in [2.75, 3.05) is 0 Å². The Labute approximate surface area is 85.0 Å². The quantitative estimate of drug-likeness (QED) is 0.480. The molecule has 0 bridgehead atoms. The molecule has 4 heteroatoms. The van der Waals surface area contributed by atoms with Crippen molar-refractivity contribution in [1.29, 1.82) is 0 Å². The highest BCUT2D eigenvalue weighted by molar-refractivity contribution is 14.1. The molecule has 64 valence electrons. The van der Waals surface area contributed by atoms with Gasteiger partial charge in [0.05, 0.1) is 6.54 Å². The van der Waals surface area contributed by atoms with E-state index in [-0.39, 0.29) is 5.96 Å². The zero-order chi connectivity index (χ0) is 8.97. The van der Waals surface area contributed by atoms with Crippen molar-refractivity contribution in [2.24, 2.45) is 16.5 Å². The molecule has 1 aromatic rings. The summed E-state index contributed by atoms with van der Waals surface area (Å²) in [5.41, 5.74) is 11.5. The SMILES string of the molecule is NC(N)=NCc1cccc([124I])c1. The van der Waals surface area contributed by atoms with E-state index in [4.69, 9.17) is 11.5 Å². The molecule has 0 saturated heterocycles. The van der Waals surface area contributed by atoms with Gasteiger partial charge in [0, 0.05) is 3.57 Å². The highest BCUT2D eigenvalue weighted by Gasteiger charge is 1.91. The summed E-state index contributed by atoms with van der Waals surface area (Å²) in [5, 5.41) is 0. The molecule has 4 N–H and O–H groups in total. The zero-order valence-corrected chi connectivity index (χ0v) is 8.65. The third-order valence-electron chi connectivity index (χ3n) is 1.33. The first-order chi connectivity index (χ1) is 5.68. The second kappa shape index (κ2) is 4.30. The monoisotopic (exact) mass is 272 g/mol. The highest BCUT2D eigenvalue weighted by Crippen LogP contribution is 2.08. The summed E-state index contributed by atoms with van der Waals surface area (Å²) in [6.07, 6.45) is 0. The van der Waals surface area contributed by atoms with Crippen LogP contribution in [0.1, 0.15) is 5.56 Å². The van der Waals surface area contributed by atoms with Crippen molar-refractivity contribution in [2.45, 2.75) is 6.54 Å². The van der Waals surface area contributed by atoms with Crippen LogP contribution in [0.5, 0.6) is 0 Å². The maximum atomic E-state index is 5.20. The van der Waals surface area contributed by atoms with E-state index in [1.54, 1.807) is 0 Å². The fourth-order valence-corrected chi connectivity index (χ4v) is 1.43. The zero-order valence-electron chi connectivity index (χ0n) is 6.50. The van der Waals surface area contributed by atoms with Gasteiger partial charge in [-0.05, 0) is 40.3 Å². The first-order valence-electron chi connectivity index (χ1n) is 3.48. The van der Waals surface area contributed by atoms with E-state index in [0.717, 1.165) is 5.56 Å². The van der Waals surface area contributed by atoms with Crippen LogP contribution in [0.15, 0.2) is 29.3 Å². The van der Waals surface area contributed by atoms with Crippen LogP contribution in [0.4, 0.5) is 0 Å². The van der Waals surface area contributed by atoms with E-state index >= 15 is 0 Å². The number of nitrogens with zero attached hydrogens (tertiary/aromatic N) is 1. The van der Waals surface area contributed by atoms with E-state index in [0.29, 0.717) is 6.54 Å². The second-order valence-electron chi connectivity index (χ2n) is 2.37. The molecule has 0 aliphatic rings. The summed E-state index contributed by atoms with van der Waals surface area (Å²) in [6, 6.07) is 8.06. The number of aliphatic imine (C=N–C) groups is 1. The number of hydrogen-bond acceptors (Lipinski definition) is 1. The van der Waals surface area contributed by atoms with Gasteiger partial charge >= 0.3 is 0 Å². The summed E-state index contributed by atoms with van der Waals surface area (Å²) >= 11 is 2.25. The third kappa shape index (κ3) is 3.08. The average molecular weight is 272 g/mol. The Kier molecular flexibility index (Phi) is 3.33. The summed E-state index contributed by atoms with van der Waals surface area (Å²) in [5.74, 6) is 0.133. The van der Waals surface area contributed by atoms with E-state index in [1.165, 1.54) is 3.57 Å². The Morgan fingerprint density at radius 2 is 2.17 bits per heavy atom. The standard InChI is InChI=1S/C8H10IN3/c9-7-3-1-2-6(4-7)5-12-8(10)11/h1-4H,5H2,(H4,10,11,12)/i9-3. The van der Waals surface area contributed by atoms with Gasteiger partial charge in [-0.1, -0.05) is 12.1 Å². The van der Waals surface area contributed by atoms with Crippen molar-refractivity contribution in [3.8, 4) is 0 Å². The van der Waals surface area contributed by atoms with Crippen LogP contribution >= 0.6 is 22.6 Å². The molecule has 12 heavy (non-hydrogen) atoms. The molecule has 0 atom stereocenters. The van der Waals surface area contributed by atoms with Crippen LogP contribution in [-0.4, -0.2) is 5.96 Å². The molecule has 0 aliphatic heterocycles. The maximum absolute atomic E-state index is 5.20. The van der Waals surface area contributed by atoms with Gasteiger partial charge in [-0.25, -0.2) is 4.99 Å². The lowest BCUT2D eigenvalue weighted by molar-refractivity contribution is 1.05. The van der Waals surface area contributed by atoms with Crippen LogP contribution in [0, 0.1) is 3.57 Å². The van der Waals surface area contributed by atoms with Gasteiger partial charge in [-0.15, -0.1) is 0 Å². The predicted octanol–water partition coefficient (Wildman–Crippen LogP) is 1.06. The van der Waals surface area contributed by atoms with Gasteiger partial charge < -0.3 is 11.5 Å². The Hall–Kier alpha value is -0.780. The summed E-state index contributed by atoms with van der Waals surface area (Å²) in [7, 11) is 0. The van der Waals surface area contributed by atoms with Gasteiger partial charge in [-0.2, -0.15) is 0 Å². The number of halogens is 1. The minimum absolute atomic E-state index is 0.133. The highest BCUT2D eigenvalue weighted by atomic mass is 124. The molecule has 3 nitrogen and oxygen atoms in total. The van der Waals surface area contributed by atoms with Crippen molar-refractivity contribution < 1.29 is 0 Å². The van der Waals surface area contributed by atoms with E-state index < -0.39 is 0 Å². The Balaban J connectivity index is 2.70. The van der Waals surface area contributed by atoms with Crippen molar-refractivity contribution in [3.63, 3.8) is 0 Å². The van der Waals surface area contributed by atoms with Gasteiger partial charge in [0.2, 0.25) is 0 Å². The van der Waals surface area contributed by atoms with Crippen LogP contribution in [0.3, 0.4) is 0 Å². The summed E-state index contributed by atoms with van der Waals surface area (Å²) in [6.45, 7) is 0.555. The molecule has 0 saturated carbocycles. The molecule has 0 amide bonds. The summed E-state index contributed by atoms with van der Waals surface area (Å²) in [4.78, 5) is 3.90. The minimum Gasteiger partial charge on any atom is -0.370 e.